The molecule has 1 heterocycles. The molecule has 2 N–H and O–H groups in total. The Labute approximate surface area is 108 Å². The summed E-state index contributed by atoms with van der Waals surface area (Å²) < 4.78 is 2.73. The Morgan fingerprint density at radius 1 is 1.11 bits per heavy atom. The summed E-state index contributed by atoms with van der Waals surface area (Å²) in [5, 5.41) is 0. The number of rotatable bonds is 2. The maximum absolute atomic E-state index is 12.0. The first kappa shape index (κ1) is 11.0. The lowest BCUT2D eigenvalue weighted by molar-refractivity contribution is 0.816. The van der Waals surface area contributed by atoms with Crippen LogP contribution in [0.15, 0.2) is 53.3 Å². The third-order valence-electron chi connectivity index (χ3n) is 2.88. The molecule has 3 aromatic rings. The van der Waals surface area contributed by atoms with Crippen LogP contribution >= 0.6 is 11.3 Å². The standard InChI is InChI=1S/C14H12N2OS/c15-11-6-7-12-13(8-11)18-14(17)16(12)9-10-4-2-1-3-5-10/h1-8H,9,15H2. The molecule has 3 rings (SSSR count). The molecule has 0 aliphatic carbocycles. The lowest BCUT2D eigenvalue weighted by atomic mass is 10.2. The monoisotopic (exact) mass is 256 g/mol. The fraction of sp³-hybridized carbons (Fsp3) is 0.0714. The molecule has 90 valence electrons. The van der Waals surface area contributed by atoms with Gasteiger partial charge in [0.05, 0.1) is 16.8 Å². The molecule has 0 aliphatic heterocycles. The summed E-state index contributed by atoms with van der Waals surface area (Å²) in [5.74, 6) is 0. The second-order valence-corrected chi connectivity index (χ2v) is 5.16. The average Bonchev–Trinajstić information content (AvgIpc) is 2.66. The largest absolute Gasteiger partial charge is 0.399 e. The molecule has 2 aromatic carbocycles. The minimum Gasteiger partial charge on any atom is -0.399 e. The highest BCUT2D eigenvalue weighted by molar-refractivity contribution is 7.16. The van der Waals surface area contributed by atoms with E-state index in [2.05, 4.69) is 0 Å². The van der Waals surface area contributed by atoms with Crippen molar-refractivity contribution >= 4 is 27.2 Å². The fourth-order valence-corrected chi connectivity index (χ4v) is 2.94. The Hall–Kier alpha value is -2.07. The number of fused-ring (bicyclic) bond motifs is 1. The summed E-state index contributed by atoms with van der Waals surface area (Å²) in [6, 6.07) is 15.6. The van der Waals surface area contributed by atoms with E-state index in [9.17, 15) is 4.79 Å². The fourth-order valence-electron chi connectivity index (χ4n) is 2.00. The van der Waals surface area contributed by atoms with Crippen LogP contribution in [0, 0.1) is 0 Å². The first-order valence-electron chi connectivity index (χ1n) is 5.67. The third kappa shape index (κ3) is 1.91. The maximum Gasteiger partial charge on any atom is 0.308 e. The number of thiazole rings is 1. The van der Waals surface area contributed by atoms with Gasteiger partial charge in [-0.25, -0.2) is 0 Å². The van der Waals surface area contributed by atoms with Crippen molar-refractivity contribution in [2.45, 2.75) is 6.54 Å². The van der Waals surface area contributed by atoms with Gasteiger partial charge < -0.3 is 5.73 Å². The summed E-state index contributed by atoms with van der Waals surface area (Å²) in [6.45, 7) is 0.601. The van der Waals surface area contributed by atoms with Gasteiger partial charge in [-0.1, -0.05) is 41.7 Å². The molecule has 1 aromatic heterocycles. The molecule has 0 radical (unpaired) electrons. The molecule has 3 nitrogen and oxygen atoms in total. The zero-order valence-corrected chi connectivity index (χ0v) is 10.5. The van der Waals surface area contributed by atoms with E-state index in [-0.39, 0.29) is 4.87 Å². The molecule has 0 saturated carbocycles. The summed E-state index contributed by atoms with van der Waals surface area (Å²) >= 11 is 1.24. The quantitative estimate of drug-likeness (QED) is 0.717. The van der Waals surface area contributed by atoms with Crippen molar-refractivity contribution in [2.24, 2.45) is 0 Å². The summed E-state index contributed by atoms with van der Waals surface area (Å²) in [4.78, 5) is 12.1. The van der Waals surface area contributed by atoms with E-state index in [0.717, 1.165) is 15.8 Å². The van der Waals surface area contributed by atoms with Gasteiger partial charge in [-0.15, -0.1) is 0 Å². The van der Waals surface area contributed by atoms with Gasteiger partial charge in [0.1, 0.15) is 0 Å². The first-order chi connectivity index (χ1) is 8.74. The zero-order valence-electron chi connectivity index (χ0n) is 9.67. The van der Waals surface area contributed by atoms with Crippen molar-refractivity contribution in [3.63, 3.8) is 0 Å². The number of anilines is 1. The molecule has 0 unspecified atom stereocenters. The van der Waals surface area contributed by atoms with Crippen LogP contribution in [0.4, 0.5) is 5.69 Å². The van der Waals surface area contributed by atoms with Crippen LogP contribution in [-0.4, -0.2) is 4.57 Å². The first-order valence-corrected chi connectivity index (χ1v) is 6.48. The summed E-state index contributed by atoms with van der Waals surface area (Å²) in [5.41, 5.74) is 8.49. The minimum atomic E-state index is 0.0550. The van der Waals surface area contributed by atoms with E-state index in [4.69, 9.17) is 5.73 Å². The molecule has 0 aliphatic rings. The highest BCUT2D eigenvalue weighted by Gasteiger charge is 2.07. The zero-order chi connectivity index (χ0) is 12.5. The van der Waals surface area contributed by atoms with E-state index in [1.807, 2.05) is 48.5 Å². The van der Waals surface area contributed by atoms with Crippen molar-refractivity contribution in [3.8, 4) is 0 Å². The van der Waals surface area contributed by atoms with Crippen molar-refractivity contribution in [3.05, 3.63) is 63.8 Å². The number of benzene rings is 2. The minimum absolute atomic E-state index is 0.0550. The number of nitrogens with two attached hydrogens (primary N) is 1. The lowest BCUT2D eigenvalue weighted by Gasteiger charge is -2.03. The Morgan fingerprint density at radius 2 is 1.89 bits per heavy atom. The summed E-state index contributed by atoms with van der Waals surface area (Å²) in [6.07, 6.45) is 0. The van der Waals surface area contributed by atoms with Crippen molar-refractivity contribution in [1.29, 1.82) is 0 Å². The van der Waals surface area contributed by atoms with Crippen molar-refractivity contribution in [2.75, 3.05) is 5.73 Å². The normalized spacial score (nSPS) is 10.9. The SMILES string of the molecule is Nc1ccc2c(c1)sc(=O)n2Cc1ccccc1. The van der Waals surface area contributed by atoms with Gasteiger partial charge in [0, 0.05) is 5.69 Å². The van der Waals surface area contributed by atoms with Crippen LogP contribution in [0.5, 0.6) is 0 Å². The molecule has 0 bridgehead atoms. The van der Waals surface area contributed by atoms with Crippen LogP contribution < -0.4 is 10.6 Å². The van der Waals surface area contributed by atoms with E-state index >= 15 is 0 Å². The Morgan fingerprint density at radius 3 is 2.67 bits per heavy atom. The van der Waals surface area contributed by atoms with Crippen LogP contribution in [0.25, 0.3) is 10.2 Å². The second-order valence-electron chi connectivity index (χ2n) is 4.17. The van der Waals surface area contributed by atoms with Crippen LogP contribution in [0.2, 0.25) is 0 Å². The van der Waals surface area contributed by atoms with Gasteiger partial charge in [0.25, 0.3) is 0 Å². The number of hydrogen-bond donors (Lipinski definition) is 1. The summed E-state index contributed by atoms with van der Waals surface area (Å²) in [7, 11) is 0. The van der Waals surface area contributed by atoms with Crippen LogP contribution in [-0.2, 0) is 6.54 Å². The van der Waals surface area contributed by atoms with E-state index in [0.29, 0.717) is 12.2 Å². The van der Waals surface area contributed by atoms with E-state index in [1.54, 1.807) is 4.57 Å². The number of nitrogens with zero attached hydrogens (tertiary/aromatic N) is 1. The molecule has 0 atom stereocenters. The topological polar surface area (TPSA) is 48.0 Å². The predicted octanol–water partition coefficient (Wildman–Crippen LogP) is 2.69. The predicted molar refractivity (Wildman–Crippen MR) is 76.0 cm³/mol. The van der Waals surface area contributed by atoms with Crippen molar-refractivity contribution < 1.29 is 0 Å². The Balaban J connectivity index is 2.12. The van der Waals surface area contributed by atoms with Gasteiger partial charge in [-0.2, -0.15) is 0 Å². The molecule has 0 fully saturated rings. The second kappa shape index (κ2) is 4.31. The van der Waals surface area contributed by atoms with Crippen molar-refractivity contribution in [1.82, 2.24) is 4.57 Å². The average molecular weight is 256 g/mol. The van der Waals surface area contributed by atoms with Gasteiger partial charge >= 0.3 is 4.87 Å². The number of nitrogen functional groups attached to an aromatic ring is 1. The molecule has 4 heteroatoms. The molecular weight excluding hydrogens is 244 g/mol. The Bertz CT molecular complexity index is 743. The lowest BCUT2D eigenvalue weighted by Crippen LogP contribution is -2.13. The van der Waals surface area contributed by atoms with Gasteiger partial charge in [0.2, 0.25) is 0 Å². The third-order valence-corrected chi connectivity index (χ3v) is 3.82. The highest BCUT2D eigenvalue weighted by atomic mass is 32.1. The van der Waals surface area contributed by atoms with E-state index in [1.165, 1.54) is 11.3 Å². The van der Waals surface area contributed by atoms with Crippen LogP contribution in [0.1, 0.15) is 5.56 Å². The molecule has 0 saturated heterocycles. The smallest absolute Gasteiger partial charge is 0.308 e. The Kier molecular flexibility index (Phi) is 2.64. The van der Waals surface area contributed by atoms with E-state index < -0.39 is 0 Å². The molecule has 0 amide bonds. The maximum atomic E-state index is 12.0. The highest BCUT2D eigenvalue weighted by Crippen LogP contribution is 2.20. The molecular formula is C14H12N2OS. The number of aromatic nitrogens is 1. The molecule has 0 spiro atoms. The van der Waals surface area contributed by atoms with Gasteiger partial charge in [-0.05, 0) is 23.8 Å². The van der Waals surface area contributed by atoms with Gasteiger partial charge in [0.15, 0.2) is 0 Å². The van der Waals surface area contributed by atoms with Gasteiger partial charge in [-0.3, -0.25) is 9.36 Å². The number of hydrogen-bond acceptors (Lipinski definition) is 3. The van der Waals surface area contributed by atoms with Crippen LogP contribution in [0.3, 0.4) is 0 Å². The molecule has 18 heavy (non-hydrogen) atoms.